The number of rotatable bonds is 3. The summed E-state index contributed by atoms with van der Waals surface area (Å²) < 4.78 is 10.9. The summed E-state index contributed by atoms with van der Waals surface area (Å²) in [4.78, 5) is 30.7. The summed E-state index contributed by atoms with van der Waals surface area (Å²) in [5, 5.41) is 0. The highest BCUT2D eigenvalue weighted by Crippen LogP contribution is 2.71. The Kier molecular flexibility index (Phi) is 4.05. The van der Waals surface area contributed by atoms with Crippen LogP contribution in [0.3, 0.4) is 0 Å². The van der Waals surface area contributed by atoms with E-state index in [0.29, 0.717) is 13.2 Å². The van der Waals surface area contributed by atoms with Crippen molar-refractivity contribution in [1.29, 1.82) is 0 Å². The van der Waals surface area contributed by atoms with E-state index in [1.165, 1.54) is 5.56 Å². The van der Waals surface area contributed by atoms with Crippen LogP contribution in [0.1, 0.15) is 45.6 Å². The van der Waals surface area contributed by atoms with E-state index < -0.39 is 5.41 Å². The van der Waals surface area contributed by atoms with Crippen LogP contribution in [0.4, 0.5) is 0 Å². The molecule has 29 heavy (non-hydrogen) atoms. The van der Waals surface area contributed by atoms with E-state index in [4.69, 9.17) is 9.47 Å². The Labute approximate surface area is 172 Å². The van der Waals surface area contributed by atoms with Gasteiger partial charge < -0.3 is 14.4 Å². The number of piperazine rings is 1. The lowest BCUT2D eigenvalue weighted by Crippen LogP contribution is -2.55. The topological polar surface area (TPSA) is 59.1 Å². The lowest BCUT2D eigenvalue weighted by molar-refractivity contribution is -0.149. The summed E-state index contributed by atoms with van der Waals surface area (Å²) in [5.74, 6) is 2.11. The molecule has 2 aliphatic carbocycles. The molecule has 1 amide bonds. The van der Waals surface area contributed by atoms with E-state index in [0.717, 1.165) is 57.1 Å². The molecule has 4 aliphatic rings. The van der Waals surface area contributed by atoms with Gasteiger partial charge in [0.15, 0.2) is 11.5 Å². The summed E-state index contributed by atoms with van der Waals surface area (Å²) in [6.07, 6.45) is 2.11. The fourth-order valence-corrected chi connectivity index (χ4v) is 6.04. The molecule has 0 radical (unpaired) electrons. The lowest BCUT2D eigenvalue weighted by Gasteiger charge is -2.44. The predicted octanol–water partition coefficient (Wildman–Crippen LogP) is 2.85. The van der Waals surface area contributed by atoms with Crippen molar-refractivity contribution in [3.8, 4) is 11.5 Å². The van der Waals surface area contributed by atoms with E-state index >= 15 is 0 Å². The van der Waals surface area contributed by atoms with Crippen LogP contribution in [-0.4, -0.2) is 54.5 Å². The standard InChI is InChI=1S/C23H30N2O4/c1-21(2)22(3)6-7-23(21,13-19(22)26)20(27)25-10-8-24(9-11-25)14-16-4-5-17-18(12-16)29-15-28-17/h4-5,12H,6-11,13-15H2,1-3H3/t22-,23-/m1/s1. The zero-order valence-electron chi connectivity index (χ0n) is 17.6. The van der Waals surface area contributed by atoms with Gasteiger partial charge in [0.2, 0.25) is 12.7 Å². The minimum atomic E-state index is -0.502. The van der Waals surface area contributed by atoms with Gasteiger partial charge in [0.25, 0.3) is 0 Å². The molecule has 0 unspecified atom stereocenters. The third kappa shape index (κ3) is 2.51. The van der Waals surface area contributed by atoms with Crippen LogP contribution < -0.4 is 9.47 Å². The van der Waals surface area contributed by atoms with Crippen molar-refractivity contribution in [3.63, 3.8) is 0 Å². The van der Waals surface area contributed by atoms with Gasteiger partial charge in [0, 0.05) is 44.6 Å². The van der Waals surface area contributed by atoms with E-state index in [2.05, 4.69) is 31.7 Å². The molecule has 6 heteroatoms. The molecule has 2 saturated carbocycles. The van der Waals surface area contributed by atoms with E-state index in [1.54, 1.807) is 0 Å². The van der Waals surface area contributed by atoms with Crippen LogP contribution in [0, 0.1) is 16.2 Å². The molecule has 0 aromatic heterocycles. The van der Waals surface area contributed by atoms with Gasteiger partial charge in [-0.2, -0.15) is 0 Å². The molecular formula is C23H30N2O4. The third-order valence-electron chi connectivity index (χ3n) is 8.62. The van der Waals surface area contributed by atoms with E-state index in [-0.39, 0.29) is 22.5 Å². The molecule has 2 heterocycles. The van der Waals surface area contributed by atoms with E-state index in [1.807, 2.05) is 17.0 Å². The monoisotopic (exact) mass is 398 g/mol. The molecule has 6 nitrogen and oxygen atoms in total. The lowest BCUT2D eigenvalue weighted by atomic mass is 9.64. The first-order valence-corrected chi connectivity index (χ1v) is 10.7. The fraction of sp³-hybridized carbons (Fsp3) is 0.652. The van der Waals surface area contributed by atoms with Gasteiger partial charge in [-0.25, -0.2) is 0 Å². The first kappa shape index (κ1) is 18.9. The zero-order valence-corrected chi connectivity index (χ0v) is 17.6. The maximum atomic E-state index is 13.6. The van der Waals surface area contributed by atoms with E-state index in [9.17, 15) is 9.59 Å². The van der Waals surface area contributed by atoms with Crippen molar-refractivity contribution in [2.75, 3.05) is 33.0 Å². The molecule has 2 atom stereocenters. The molecule has 1 aromatic carbocycles. The minimum Gasteiger partial charge on any atom is -0.454 e. The smallest absolute Gasteiger partial charge is 0.231 e. The number of fused-ring (bicyclic) bond motifs is 3. The number of hydrogen-bond donors (Lipinski definition) is 0. The number of carbonyl (C=O) groups is 2. The number of benzene rings is 1. The number of amides is 1. The van der Waals surface area contributed by atoms with Crippen molar-refractivity contribution >= 4 is 11.7 Å². The summed E-state index contributed by atoms with van der Waals surface area (Å²) >= 11 is 0. The van der Waals surface area contributed by atoms with Gasteiger partial charge in [0.1, 0.15) is 5.78 Å². The Hall–Kier alpha value is -2.08. The van der Waals surface area contributed by atoms with Crippen molar-refractivity contribution in [2.45, 2.75) is 46.6 Å². The molecular weight excluding hydrogens is 368 g/mol. The maximum absolute atomic E-state index is 13.6. The van der Waals surface area contributed by atoms with Gasteiger partial charge in [0.05, 0.1) is 5.41 Å². The Bertz CT molecular complexity index is 874. The molecule has 1 aromatic rings. The minimum absolute atomic E-state index is 0.208. The van der Waals surface area contributed by atoms with Crippen molar-refractivity contribution in [3.05, 3.63) is 23.8 Å². The average molecular weight is 399 g/mol. The summed E-state index contributed by atoms with van der Waals surface area (Å²) in [7, 11) is 0. The van der Waals surface area contributed by atoms with Crippen LogP contribution in [0.2, 0.25) is 0 Å². The number of Topliss-reactive ketones (excluding diaryl/α,β-unsaturated/α-hetero) is 1. The Balaban J connectivity index is 1.24. The highest BCUT2D eigenvalue weighted by molar-refractivity contribution is 5.99. The van der Waals surface area contributed by atoms with Crippen molar-refractivity contribution in [2.24, 2.45) is 16.2 Å². The molecule has 156 valence electrons. The number of hydrogen-bond acceptors (Lipinski definition) is 5. The number of ether oxygens (including phenoxy) is 2. The van der Waals surface area contributed by atoms with Gasteiger partial charge >= 0.3 is 0 Å². The Morgan fingerprint density at radius 3 is 2.41 bits per heavy atom. The van der Waals surface area contributed by atoms with Gasteiger partial charge in [-0.05, 0) is 36.0 Å². The summed E-state index contributed by atoms with van der Waals surface area (Å²) in [6, 6.07) is 6.09. The highest BCUT2D eigenvalue weighted by atomic mass is 16.7. The Morgan fingerprint density at radius 1 is 1.03 bits per heavy atom. The molecule has 3 fully saturated rings. The Morgan fingerprint density at radius 2 is 1.76 bits per heavy atom. The predicted molar refractivity (Wildman–Crippen MR) is 108 cm³/mol. The van der Waals surface area contributed by atoms with Crippen molar-refractivity contribution < 1.29 is 19.1 Å². The molecule has 2 aliphatic heterocycles. The first-order valence-electron chi connectivity index (χ1n) is 10.7. The average Bonchev–Trinajstić information content (AvgIpc) is 3.29. The summed E-state index contributed by atoms with van der Waals surface area (Å²) in [5.41, 5.74) is 0.0849. The van der Waals surface area contributed by atoms with Crippen LogP contribution in [0.5, 0.6) is 11.5 Å². The van der Waals surface area contributed by atoms with Crippen molar-refractivity contribution in [1.82, 2.24) is 9.80 Å². The van der Waals surface area contributed by atoms with Crippen LogP contribution in [0.25, 0.3) is 0 Å². The van der Waals surface area contributed by atoms with Crippen LogP contribution in [0.15, 0.2) is 18.2 Å². The fourth-order valence-electron chi connectivity index (χ4n) is 6.04. The zero-order chi connectivity index (χ0) is 20.4. The molecule has 0 N–H and O–H groups in total. The molecule has 1 saturated heterocycles. The second-order valence-electron chi connectivity index (χ2n) is 9.90. The second kappa shape index (κ2) is 6.21. The molecule has 2 bridgehead atoms. The van der Waals surface area contributed by atoms with Gasteiger partial charge in [-0.3, -0.25) is 14.5 Å². The number of carbonyl (C=O) groups excluding carboxylic acids is 2. The second-order valence-corrected chi connectivity index (χ2v) is 9.90. The molecule has 5 rings (SSSR count). The number of nitrogens with zero attached hydrogens (tertiary/aromatic N) is 2. The molecule has 0 spiro atoms. The quantitative estimate of drug-likeness (QED) is 0.784. The maximum Gasteiger partial charge on any atom is 0.231 e. The largest absolute Gasteiger partial charge is 0.454 e. The first-order chi connectivity index (χ1) is 13.8. The third-order valence-corrected chi connectivity index (χ3v) is 8.62. The number of ketones is 1. The van der Waals surface area contributed by atoms with Crippen LogP contribution >= 0.6 is 0 Å². The van der Waals surface area contributed by atoms with Gasteiger partial charge in [-0.15, -0.1) is 0 Å². The highest BCUT2D eigenvalue weighted by Gasteiger charge is 2.73. The SMILES string of the molecule is CC1(C)[C@]2(C(=O)N3CCN(Cc4ccc5c(c4)OCO5)CC3)CC[C@]1(C)C(=O)C2. The normalized spacial score (nSPS) is 32.8. The summed E-state index contributed by atoms with van der Waals surface area (Å²) in [6.45, 7) is 10.6. The van der Waals surface area contributed by atoms with Crippen LogP contribution in [-0.2, 0) is 16.1 Å². The van der Waals surface area contributed by atoms with Gasteiger partial charge in [-0.1, -0.05) is 26.8 Å².